The monoisotopic (exact) mass is 347 g/mol. The fourth-order valence-electron chi connectivity index (χ4n) is 3.06. The van der Waals surface area contributed by atoms with Crippen molar-refractivity contribution in [2.45, 2.75) is 20.4 Å². The van der Waals surface area contributed by atoms with Crippen LogP contribution in [-0.4, -0.2) is 58.2 Å². The average Bonchev–Trinajstić information content (AvgIpc) is 3.14. The number of hydrogen-bond donors (Lipinski definition) is 1. The number of carbonyl (C=O) groups excluding carboxylic acids is 1. The highest BCUT2D eigenvalue weighted by Crippen LogP contribution is 2.18. The molecular formula is C17H25N5OS. The summed E-state index contributed by atoms with van der Waals surface area (Å²) in [5.74, 6) is 0.0425. The molecule has 6 nitrogen and oxygen atoms in total. The Morgan fingerprint density at radius 2 is 1.96 bits per heavy atom. The number of aromatic nitrogens is 2. The van der Waals surface area contributed by atoms with Gasteiger partial charge in [0.1, 0.15) is 0 Å². The van der Waals surface area contributed by atoms with Gasteiger partial charge in [-0.15, -0.1) is 11.3 Å². The number of thiophene rings is 1. The molecule has 0 saturated carbocycles. The van der Waals surface area contributed by atoms with Gasteiger partial charge in [0, 0.05) is 44.6 Å². The normalized spacial score (nSPS) is 16.5. The van der Waals surface area contributed by atoms with Crippen molar-refractivity contribution in [2.75, 3.05) is 38.0 Å². The summed E-state index contributed by atoms with van der Waals surface area (Å²) < 4.78 is 1.80. The summed E-state index contributed by atoms with van der Waals surface area (Å²) in [4.78, 5) is 18.4. The van der Waals surface area contributed by atoms with Gasteiger partial charge in [0.15, 0.2) is 0 Å². The summed E-state index contributed by atoms with van der Waals surface area (Å²) in [6, 6.07) is 4.28. The Labute approximate surface area is 147 Å². The quantitative estimate of drug-likeness (QED) is 0.897. The van der Waals surface area contributed by atoms with Crippen LogP contribution in [0.1, 0.15) is 16.3 Å². The smallest absolute Gasteiger partial charge is 0.238 e. The van der Waals surface area contributed by atoms with Gasteiger partial charge in [-0.3, -0.25) is 19.3 Å². The van der Waals surface area contributed by atoms with Gasteiger partial charge in [-0.2, -0.15) is 5.10 Å². The van der Waals surface area contributed by atoms with Crippen molar-refractivity contribution >= 4 is 22.9 Å². The van der Waals surface area contributed by atoms with Crippen molar-refractivity contribution in [3.63, 3.8) is 0 Å². The van der Waals surface area contributed by atoms with E-state index in [-0.39, 0.29) is 5.91 Å². The van der Waals surface area contributed by atoms with E-state index >= 15 is 0 Å². The number of carbonyl (C=O) groups is 1. The SMILES string of the molecule is Cc1nn(C)c(C)c1NC(=O)CN1CCN(Cc2cccs2)CC1. The lowest BCUT2D eigenvalue weighted by atomic mass is 10.2. The van der Waals surface area contributed by atoms with Crippen LogP contribution in [-0.2, 0) is 18.4 Å². The fourth-order valence-corrected chi connectivity index (χ4v) is 3.81. The molecule has 0 spiro atoms. The maximum atomic E-state index is 12.3. The molecule has 7 heteroatoms. The van der Waals surface area contributed by atoms with Crippen molar-refractivity contribution in [1.82, 2.24) is 19.6 Å². The van der Waals surface area contributed by atoms with E-state index < -0.39 is 0 Å². The maximum absolute atomic E-state index is 12.3. The number of rotatable bonds is 5. The molecule has 2 aromatic rings. The lowest BCUT2D eigenvalue weighted by Crippen LogP contribution is -2.48. The molecule has 0 aromatic carbocycles. The minimum Gasteiger partial charge on any atom is -0.322 e. The summed E-state index contributed by atoms with van der Waals surface area (Å²) in [6.45, 7) is 9.25. The largest absolute Gasteiger partial charge is 0.322 e. The molecule has 3 heterocycles. The predicted molar refractivity (Wildman–Crippen MR) is 97.3 cm³/mol. The second kappa shape index (κ2) is 7.46. The van der Waals surface area contributed by atoms with Gasteiger partial charge in [0.25, 0.3) is 0 Å². The molecule has 0 radical (unpaired) electrons. The predicted octanol–water partition coefficient (Wildman–Crippen LogP) is 1.85. The number of aryl methyl sites for hydroxylation is 2. The summed E-state index contributed by atoms with van der Waals surface area (Å²) in [5, 5.41) is 9.48. The van der Waals surface area contributed by atoms with Crippen molar-refractivity contribution < 1.29 is 4.79 Å². The molecule has 1 N–H and O–H groups in total. The Morgan fingerprint density at radius 1 is 1.25 bits per heavy atom. The molecule has 0 atom stereocenters. The second-order valence-electron chi connectivity index (χ2n) is 6.35. The molecule has 2 aromatic heterocycles. The van der Waals surface area contributed by atoms with Gasteiger partial charge >= 0.3 is 0 Å². The van der Waals surface area contributed by atoms with E-state index in [0.717, 1.165) is 49.8 Å². The third-order valence-corrected chi connectivity index (χ3v) is 5.43. The number of piperazine rings is 1. The third kappa shape index (κ3) is 4.03. The molecule has 0 unspecified atom stereocenters. The van der Waals surface area contributed by atoms with E-state index in [0.29, 0.717) is 6.54 Å². The Morgan fingerprint density at radius 3 is 2.54 bits per heavy atom. The van der Waals surface area contributed by atoms with E-state index in [1.165, 1.54) is 4.88 Å². The number of amides is 1. The first kappa shape index (κ1) is 17.1. The fraction of sp³-hybridized carbons (Fsp3) is 0.529. The number of nitrogens with zero attached hydrogens (tertiary/aromatic N) is 4. The molecule has 1 aliphatic rings. The van der Waals surface area contributed by atoms with Gasteiger partial charge in [0.2, 0.25) is 5.91 Å². The van der Waals surface area contributed by atoms with Crippen LogP contribution >= 0.6 is 11.3 Å². The Bertz CT molecular complexity index is 686. The molecule has 0 bridgehead atoms. The highest BCUT2D eigenvalue weighted by atomic mass is 32.1. The van der Waals surface area contributed by atoms with E-state index in [1.807, 2.05) is 20.9 Å². The first-order chi connectivity index (χ1) is 11.5. The van der Waals surface area contributed by atoms with Crippen LogP contribution in [0.25, 0.3) is 0 Å². The van der Waals surface area contributed by atoms with E-state index in [4.69, 9.17) is 0 Å². The molecule has 1 saturated heterocycles. The zero-order valence-electron chi connectivity index (χ0n) is 14.6. The van der Waals surface area contributed by atoms with Gasteiger partial charge in [-0.05, 0) is 25.3 Å². The summed E-state index contributed by atoms with van der Waals surface area (Å²) in [7, 11) is 1.89. The van der Waals surface area contributed by atoms with Crippen LogP contribution < -0.4 is 5.32 Å². The average molecular weight is 347 g/mol. The summed E-state index contributed by atoms with van der Waals surface area (Å²) in [5.41, 5.74) is 2.70. The lowest BCUT2D eigenvalue weighted by Gasteiger charge is -2.34. The van der Waals surface area contributed by atoms with Crippen molar-refractivity contribution in [2.24, 2.45) is 7.05 Å². The number of nitrogens with one attached hydrogen (secondary N) is 1. The first-order valence-corrected chi connectivity index (χ1v) is 9.18. The number of hydrogen-bond acceptors (Lipinski definition) is 5. The van der Waals surface area contributed by atoms with Crippen molar-refractivity contribution in [1.29, 1.82) is 0 Å². The first-order valence-electron chi connectivity index (χ1n) is 8.30. The van der Waals surface area contributed by atoms with Gasteiger partial charge in [-0.1, -0.05) is 6.07 Å². The highest BCUT2D eigenvalue weighted by Gasteiger charge is 2.20. The Hall–Kier alpha value is -1.70. The van der Waals surface area contributed by atoms with Gasteiger partial charge in [0.05, 0.1) is 23.6 Å². The summed E-state index contributed by atoms with van der Waals surface area (Å²) in [6.07, 6.45) is 0. The minimum absolute atomic E-state index is 0.0425. The van der Waals surface area contributed by atoms with Crippen LogP contribution in [0.5, 0.6) is 0 Å². The Kier molecular flexibility index (Phi) is 5.33. The molecule has 24 heavy (non-hydrogen) atoms. The van der Waals surface area contributed by atoms with Crippen LogP contribution in [0, 0.1) is 13.8 Å². The van der Waals surface area contributed by atoms with Crippen LogP contribution in [0.3, 0.4) is 0 Å². The molecule has 1 aliphatic heterocycles. The molecular weight excluding hydrogens is 322 g/mol. The van der Waals surface area contributed by atoms with E-state index in [2.05, 4.69) is 37.7 Å². The highest BCUT2D eigenvalue weighted by molar-refractivity contribution is 7.09. The van der Waals surface area contributed by atoms with Crippen molar-refractivity contribution in [3.05, 3.63) is 33.8 Å². The Balaban J connectivity index is 1.46. The molecule has 1 fully saturated rings. The minimum atomic E-state index is 0.0425. The third-order valence-electron chi connectivity index (χ3n) is 4.57. The van der Waals surface area contributed by atoms with Gasteiger partial charge in [-0.25, -0.2) is 0 Å². The molecule has 3 rings (SSSR count). The van der Waals surface area contributed by atoms with Crippen LogP contribution in [0.2, 0.25) is 0 Å². The molecule has 1 amide bonds. The van der Waals surface area contributed by atoms with Crippen molar-refractivity contribution in [3.8, 4) is 0 Å². The van der Waals surface area contributed by atoms with E-state index in [1.54, 1.807) is 16.0 Å². The van der Waals surface area contributed by atoms with Gasteiger partial charge < -0.3 is 5.32 Å². The van der Waals surface area contributed by atoms with Crippen LogP contribution in [0.4, 0.5) is 5.69 Å². The maximum Gasteiger partial charge on any atom is 0.238 e. The topological polar surface area (TPSA) is 53.4 Å². The summed E-state index contributed by atoms with van der Waals surface area (Å²) >= 11 is 1.81. The molecule has 130 valence electrons. The number of anilines is 1. The second-order valence-corrected chi connectivity index (χ2v) is 7.38. The lowest BCUT2D eigenvalue weighted by molar-refractivity contribution is -0.117. The zero-order chi connectivity index (χ0) is 17.1. The van der Waals surface area contributed by atoms with Crippen LogP contribution in [0.15, 0.2) is 17.5 Å². The molecule has 0 aliphatic carbocycles. The zero-order valence-corrected chi connectivity index (χ0v) is 15.4. The standard InChI is InChI=1S/C17H25N5OS/c1-13-17(14(2)20(3)19-13)18-16(23)12-22-8-6-21(7-9-22)11-15-5-4-10-24-15/h4-5,10H,6-9,11-12H2,1-3H3,(H,18,23). The van der Waals surface area contributed by atoms with E-state index in [9.17, 15) is 4.79 Å².